The third-order valence-electron chi connectivity index (χ3n) is 5.65. The Morgan fingerprint density at radius 3 is 2.56 bits per heavy atom. The lowest BCUT2D eigenvalue weighted by molar-refractivity contribution is -0.176. The van der Waals surface area contributed by atoms with Crippen molar-refractivity contribution in [2.45, 2.75) is 31.5 Å². The number of hydrogen-bond acceptors (Lipinski definition) is 5. The van der Waals surface area contributed by atoms with Crippen molar-refractivity contribution in [1.82, 2.24) is 4.90 Å². The van der Waals surface area contributed by atoms with Gasteiger partial charge in [-0.05, 0) is 25.1 Å². The highest BCUT2D eigenvalue weighted by Crippen LogP contribution is 2.32. The first-order valence-corrected chi connectivity index (χ1v) is 9.73. The van der Waals surface area contributed by atoms with Crippen LogP contribution in [0.3, 0.4) is 0 Å². The van der Waals surface area contributed by atoms with Gasteiger partial charge in [0.05, 0.1) is 37.2 Å². The van der Waals surface area contributed by atoms with Gasteiger partial charge in [-0.1, -0.05) is 0 Å². The molecule has 3 aliphatic heterocycles. The van der Waals surface area contributed by atoms with Crippen molar-refractivity contribution >= 4 is 11.6 Å². The molecule has 148 valence electrons. The van der Waals surface area contributed by atoms with Gasteiger partial charge in [0.25, 0.3) is 5.91 Å². The van der Waals surface area contributed by atoms with E-state index in [-0.39, 0.29) is 23.4 Å². The number of amides is 1. The molecular formula is C20H27FN2O4. The van der Waals surface area contributed by atoms with Gasteiger partial charge in [0.1, 0.15) is 5.82 Å². The predicted octanol–water partition coefficient (Wildman–Crippen LogP) is 2.07. The van der Waals surface area contributed by atoms with Gasteiger partial charge in [-0.15, -0.1) is 0 Å². The van der Waals surface area contributed by atoms with Crippen LogP contribution in [0.25, 0.3) is 0 Å². The summed E-state index contributed by atoms with van der Waals surface area (Å²) >= 11 is 0. The lowest BCUT2D eigenvalue weighted by Crippen LogP contribution is -2.58. The van der Waals surface area contributed by atoms with E-state index in [9.17, 15) is 9.18 Å². The van der Waals surface area contributed by atoms with Crippen molar-refractivity contribution in [1.29, 1.82) is 0 Å². The molecular weight excluding hydrogens is 351 g/mol. The molecule has 3 fully saturated rings. The summed E-state index contributed by atoms with van der Waals surface area (Å²) in [5.74, 6) is -0.492. The van der Waals surface area contributed by atoms with Crippen LogP contribution in [0.4, 0.5) is 10.1 Å². The smallest absolute Gasteiger partial charge is 0.254 e. The normalized spacial score (nSPS) is 25.6. The number of nitrogens with zero attached hydrogens (tertiary/aromatic N) is 2. The molecule has 0 aromatic heterocycles. The summed E-state index contributed by atoms with van der Waals surface area (Å²) in [6.45, 7) is 6.86. The van der Waals surface area contributed by atoms with Gasteiger partial charge in [-0.25, -0.2) is 4.39 Å². The molecule has 4 rings (SSSR count). The van der Waals surface area contributed by atoms with Gasteiger partial charge < -0.3 is 24.0 Å². The Hall–Kier alpha value is -1.70. The number of ether oxygens (including phenoxy) is 3. The molecule has 1 aromatic rings. The van der Waals surface area contributed by atoms with Crippen LogP contribution in [0.5, 0.6) is 0 Å². The third kappa shape index (κ3) is 3.95. The molecule has 0 radical (unpaired) electrons. The molecule has 0 saturated carbocycles. The maximum atomic E-state index is 14.7. The quantitative estimate of drug-likeness (QED) is 0.789. The predicted molar refractivity (Wildman–Crippen MR) is 98.7 cm³/mol. The van der Waals surface area contributed by atoms with Crippen LogP contribution >= 0.6 is 0 Å². The molecule has 0 N–H and O–H groups in total. The monoisotopic (exact) mass is 378 g/mol. The number of halogens is 1. The molecule has 3 saturated heterocycles. The largest absolute Gasteiger partial charge is 0.381 e. The molecule has 0 bridgehead atoms. The van der Waals surface area contributed by atoms with Crippen LogP contribution < -0.4 is 4.90 Å². The van der Waals surface area contributed by atoms with Gasteiger partial charge in [-0.2, -0.15) is 0 Å². The summed E-state index contributed by atoms with van der Waals surface area (Å²) in [6, 6.07) is 4.80. The van der Waals surface area contributed by atoms with Gasteiger partial charge in [0.2, 0.25) is 0 Å². The van der Waals surface area contributed by atoms with E-state index in [4.69, 9.17) is 14.2 Å². The van der Waals surface area contributed by atoms with Gasteiger partial charge in [-0.3, -0.25) is 4.79 Å². The molecule has 1 spiro atoms. The molecule has 1 unspecified atom stereocenters. The first-order valence-electron chi connectivity index (χ1n) is 9.73. The van der Waals surface area contributed by atoms with Gasteiger partial charge >= 0.3 is 0 Å². The minimum atomic E-state index is -0.357. The Kier molecular flexibility index (Phi) is 5.34. The van der Waals surface area contributed by atoms with E-state index < -0.39 is 0 Å². The second kappa shape index (κ2) is 7.73. The summed E-state index contributed by atoms with van der Waals surface area (Å²) in [4.78, 5) is 16.8. The fourth-order valence-electron chi connectivity index (χ4n) is 4.28. The summed E-state index contributed by atoms with van der Waals surface area (Å²) in [6.07, 6.45) is 1.52. The number of rotatable bonds is 2. The number of carbonyl (C=O) groups excluding carboxylic acids is 1. The van der Waals surface area contributed by atoms with Crippen molar-refractivity contribution in [2.75, 3.05) is 57.5 Å². The minimum absolute atomic E-state index is 0.0433. The van der Waals surface area contributed by atoms with E-state index in [2.05, 4.69) is 0 Å². The molecule has 7 heteroatoms. The first kappa shape index (κ1) is 18.7. The third-order valence-corrected chi connectivity index (χ3v) is 5.65. The highest BCUT2D eigenvalue weighted by atomic mass is 19.1. The number of carbonyl (C=O) groups is 1. The summed E-state index contributed by atoms with van der Waals surface area (Å²) in [5.41, 5.74) is 0.588. The second-order valence-corrected chi connectivity index (χ2v) is 7.68. The van der Waals surface area contributed by atoms with E-state index in [0.29, 0.717) is 63.9 Å². The highest BCUT2D eigenvalue weighted by Gasteiger charge is 2.42. The minimum Gasteiger partial charge on any atom is -0.381 e. The number of anilines is 1. The topological polar surface area (TPSA) is 51.2 Å². The molecule has 27 heavy (non-hydrogen) atoms. The van der Waals surface area contributed by atoms with Gasteiger partial charge in [0, 0.05) is 51.3 Å². The first-order chi connectivity index (χ1) is 13.1. The number of hydrogen-bond donors (Lipinski definition) is 0. The van der Waals surface area contributed by atoms with Crippen molar-refractivity contribution in [2.24, 2.45) is 0 Å². The SMILES string of the molecule is CC1CN(C(=O)c2ccc(N3CCOCC3)c(F)c2)CC2(CCOCC2)O1. The number of morpholine rings is 2. The second-order valence-electron chi connectivity index (χ2n) is 7.68. The van der Waals surface area contributed by atoms with E-state index in [1.165, 1.54) is 6.07 Å². The van der Waals surface area contributed by atoms with Crippen LogP contribution in [0.15, 0.2) is 18.2 Å². The average molecular weight is 378 g/mol. The lowest BCUT2D eigenvalue weighted by Gasteiger charge is -2.47. The van der Waals surface area contributed by atoms with Gasteiger partial charge in [0.15, 0.2) is 0 Å². The van der Waals surface area contributed by atoms with E-state index in [0.717, 1.165) is 12.8 Å². The summed E-state index contributed by atoms with van der Waals surface area (Å²) in [5, 5.41) is 0. The molecule has 1 atom stereocenters. The van der Waals surface area contributed by atoms with Crippen LogP contribution in [0, 0.1) is 5.82 Å². The van der Waals surface area contributed by atoms with E-state index in [1.807, 2.05) is 16.7 Å². The van der Waals surface area contributed by atoms with Crippen molar-refractivity contribution in [3.8, 4) is 0 Å². The van der Waals surface area contributed by atoms with Crippen LogP contribution in [-0.2, 0) is 14.2 Å². The van der Waals surface area contributed by atoms with Crippen molar-refractivity contribution in [3.63, 3.8) is 0 Å². The molecule has 0 aliphatic carbocycles. The Balaban J connectivity index is 1.50. The van der Waals surface area contributed by atoms with Crippen molar-refractivity contribution < 1.29 is 23.4 Å². The zero-order chi connectivity index (χ0) is 18.9. The van der Waals surface area contributed by atoms with Crippen LogP contribution in [0.1, 0.15) is 30.1 Å². The fraction of sp³-hybridized carbons (Fsp3) is 0.650. The standard InChI is InChI=1S/C20H27FN2O4/c1-15-13-23(14-20(27-15)4-8-25-9-5-20)19(24)16-2-3-18(17(21)12-16)22-6-10-26-11-7-22/h2-3,12,15H,4-11,13-14H2,1H3. The van der Waals surface area contributed by atoms with Crippen molar-refractivity contribution in [3.05, 3.63) is 29.6 Å². The lowest BCUT2D eigenvalue weighted by atomic mass is 9.91. The highest BCUT2D eigenvalue weighted by molar-refractivity contribution is 5.94. The Morgan fingerprint density at radius 1 is 1.15 bits per heavy atom. The molecule has 1 aromatic carbocycles. The molecule has 1 amide bonds. The Labute approximate surface area is 159 Å². The Bertz CT molecular complexity index is 687. The van der Waals surface area contributed by atoms with Crippen LogP contribution in [0.2, 0.25) is 0 Å². The molecule has 3 heterocycles. The summed E-state index contributed by atoms with van der Waals surface area (Å²) < 4.78 is 31.7. The average Bonchev–Trinajstić information content (AvgIpc) is 2.68. The number of benzene rings is 1. The Morgan fingerprint density at radius 2 is 1.85 bits per heavy atom. The van der Waals surface area contributed by atoms with E-state index >= 15 is 0 Å². The zero-order valence-corrected chi connectivity index (χ0v) is 15.8. The summed E-state index contributed by atoms with van der Waals surface area (Å²) in [7, 11) is 0. The van der Waals surface area contributed by atoms with E-state index in [1.54, 1.807) is 12.1 Å². The maximum Gasteiger partial charge on any atom is 0.254 e. The zero-order valence-electron chi connectivity index (χ0n) is 15.8. The maximum absolute atomic E-state index is 14.7. The molecule has 6 nitrogen and oxygen atoms in total. The fourth-order valence-corrected chi connectivity index (χ4v) is 4.28. The molecule has 3 aliphatic rings. The van der Waals surface area contributed by atoms with Crippen LogP contribution in [-0.4, -0.2) is 75.1 Å².